The average molecular weight is 418 g/mol. The molecule has 2 fully saturated rings. The van der Waals surface area contributed by atoms with Crippen LogP contribution in [0, 0.1) is 6.92 Å². The van der Waals surface area contributed by atoms with E-state index in [4.69, 9.17) is 9.72 Å². The van der Waals surface area contributed by atoms with Gasteiger partial charge in [0, 0.05) is 57.8 Å². The van der Waals surface area contributed by atoms with E-state index >= 15 is 0 Å². The van der Waals surface area contributed by atoms with Crippen molar-refractivity contribution in [2.45, 2.75) is 20.0 Å². The van der Waals surface area contributed by atoms with Crippen LogP contribution in [0.1, 0.15) is 16.5 Å². The van der Waals surface area contributed by atoms with Gasteiger partial charge in [-0.2, -0.15) is 0 Å². The minimum atomic E-state index is 0.748. The first-order chi connectivity index (χ1) is 14.1. The molecule has 4 heterocycles. The molecular formula is C20H31N7OS. The number of aryl methyl sites for hydroxylation is 1. The highest BCUT2D eigenvalue weighted by Gasteiger charge is 2.18. The number of likely N-dealkylation sites (N-methyl/N-ethyl adjacent to an activating group) is 1. The van der Waals surface area contributed by atoms with E-state index in [-0.39, 0.29) is 0 Å². The lowest BCUT2D eigenvalue weighted by Crippen LogP contribution is -2.45. The Morgan fingerprint density at radius 3 is 2.59 bits per heavy atom. The quantitative estimate of drug-likeness (QED) is 0.700. The molecule has 0 bridgehead atoms. The Morgan fingerprint density at radius 2 is 1.83 bits per heavy atom. The number of aromatic nitrogens is 3. The largest absolute Gasteiger partial charge is 0.379 e. The Bertz CT molecular complexity index is 800. The van der Waals surface area contributed by atoms with Crippen molar-refractivity contribution in [3.05, 3.63) is 28.0 Å². The molecule has 8 nitrogen and oxygen atoms in total. The second-order valence-corrected chi connectivity index (χ2v) is 8.84. The van der Waals surface area contributed by atoms with Gasteiger partial charge in [0.25, 0.3) is 0 Å². The summed E-state index contributed by atoms with van der Waals surface area (Å²) in [5.74, 6) is 2.79. The third-order valence-corrected chi connectivity index (χ3v) is 6.37. The van der Waals surface area contributed by atoms with Gasteiger partial charge in [-0.15, -0.1) is 11.3 Å². The summed E-state index contributed by atoms with van der Waals surface area (Å²) >= 11 is 1.74. The molecule has 0 radical (unpaired) electrons. The lowest BCUT2D eigenvalue weighted by Gasteiger charge is -2.33. The highest BCUT2D eigenvalue weighted by atomic mass is 32.1. The van der Waals surface area contributed by atoms with Gasteiger partial charge in [0.15, 0.2) is 0 Å². The van der Waals surface area contributed by atoms with Crippen LogP contribution in [0.15, 0.2) is 11.4 Å². The first-order valence-corrected chi connectivity index (χ1v) is 11.2. The number of morpholine rings is 1. The van der Waals surface area contributed by atoms with Gasteiger partial charge in [0.05, 0.1) is 32.0 Å². The summed E-state index contributed by atoms with van der Waals surface area (Å²) in [6, 6.07) is 2.11. The van der Waals surface area contributed by atoms with Gasteiger partial charge in [-0.05, 0) is 14.0 Å². The van der Waals surface area contributed by atoms with E-state index in [0.29, 0.717) is 0 Å². The van der Waals surface area contributed by atoms with Gasteiger partial charge in [0.1, 0.15) is 22.5 Å². The predicted molar refractivity (Wildman–Crippen MR) is 117 cm³/mol. The lowest BCUT2D eigenvalue weighted by molar-refractivity contribution is 0.0341. The molecule has 2 aromatic heterocycles. The van der Waals surface area contributed by atoms with E-state index in [0.717, 1.165) is 88.7 Å². The molecule has 2 aliphatic rings. The van der Waals surface area contributed by atoms with Gasteiger partial charge >= 0.3 is 0 Å². The van der Waals surface area contributed by atoms with Crippen molar-refractivity contribution in [2.24, 2.45) is 0 Å². The van der Waals surface area contributed by atoms with Crippen LogP contribution < -0.4 is 9.80 Å². The molecule has 0 aliphatic carbocycles. The van der Waals surface area contributed by atoms with E-state index < -0.39 is 0 Å². The zero-order valence-electron chi connectivity index (χ0n) is 17.7. The smallest absolute Gasteiger partial charge is 0.134 e. The molecule has 9 heteroatoms. The third kappa shape index (κ3) is 5.42. The molecule has 2 aromatic rings. The van der Waals surface area contributed by atoms with Crippen LogP contribution in [-0.4, -0.2) is 91.3 Å². The Balaban J connectivity index is 1.40. The van der Waals surface area contributed by atoms with Gasteiger partial charge in [-0.3, -0.25) is 4.90 Å². The second kappa shape index (κ2) is 9.34. The summed E-state index contributed by atoms with van der Waals surface area (Å²) in [6.07, 6.45) is 0. The first kappa shape index (κ1) is 20.5. The fourth-order valence-corrected chi connectivity index (χ4v) is 4.52. The van der Waals surface area contributed by atoms with Crippen molar-refractivity contribution in [3.8, 4) is 0 Å². The summed E-state index contributed by atoms with van der Waals surface area (Å²) in [7, 11) is 4.25. The number of thiazole rings is 1. The Kier molecular flexibility index (Phi) is 6.59. The van der Waals surface area contributed by atoms with Gasteiger partial charge in [-0.25, -0.2) is 15.0 Å². The summed E-state index contributed by atoms with van der Waals surface area (Å²) in [5, 5.41) is 3.34. The first-order valence-electron chi connectivity index (χ1n) is 10.3. The number of nitrogens with zero attached hydrogens (tertiary/aromatic N) is 7. The van der Waals surface area contributed by atoms with Crippen molar-refractivity contribution >= 4 is 23.0 Å². The topological polar surface area (TPSA) is 60.9 Å². The van der Waals surface area contributed by atoms with E-state index in [1.54, 1.807) is 11.3 Å². The monoisotopic (exact) mass is 417 g/mol. The average Bonchev–Trinajstić information content (AvgIpc) is 3.15. The predicted octanol–water partition coefficient (Wildman–Crippen LogP) is 1.46. The van der Waals surface area contributed by atoms with E-state index in [1.165, 1.54) is 5.01 Å². The van der Waals surface area contributed by atoms with E-state index in [1.807, 2.05) is 6.92 Å². The molecule has 0 aromatic carbocycles. The van der Waals surface area contributed by atoms with Gasteiger partial charge < -0.3 is 19.4 Å². The van der Waals surface area contributed by atoms with Crippen LogP contribution in [0.2, 0.25) is 0 Å². The van der Waals surface area contributed by atoms with Gasteiger partial charge in [0.2, 0.25) is 0 Å². The van der Waals surface area contributed by atoms with Crippen LogP contribution in [0.25, 0.3) is 0 Å². The number of piperazine rings is 1. The van der Waals surface area contributed by atoms with Crippen molar-refractivity contribution < 1.29 is 4.74 Å². The van der Waals surface area contributed by atoms with Crippen molar-refractivity contribution in [1.82, 2.24) is 24.8 Å². The van der Waals surface area contributed by atoms with Crippen LogP contribution in [0.4, 0.5) is 11.6 Å². The Hall–Kier alpha value is -1.81. The molecule has 0 atom stereocenters. The number of ether oxygens (including phenoxy) is 1. The molecule has 158 valence electrons. The molecule has 4 rings (SSSR count). The van der Waals surface area contributed by atoms with Crippen LogP contribution in [0.3, 0.4) is 0 Å². The summed E-state index contributed by atoms with van der Waals surface area (Å²) in [6.45, 7) is 11.4. The normalized spacial score (nSPS) is 18.9. The fourth-order valence-electron chi connectivity index (χ4n) is 3.70. The van der Waals surface area contributed by atoms with Crippen LogP contribution >= 0.6 is 11.3 Å². The van der Waals surface area contributed by atoms with E-state index in [9.17, 15) is 0 Å². The summed E-state index contributed by atoms with van der Waals surface area (Å²) in [5.41, 5.74) is 1.10. The second-order valence-electron chi connectivity index (χ2n) is 7.90. The number of rotatable bonds is 6. The highest BCUT2D eigenvalue weighted by molar-refractivity contribution is 7.09. The Labute approximate surface area is 177 Å². The molecule has 29 heavy (non-hydrogen) atoms. The van der Waals surface area contributed by atoms with Crippen molar-refractivity contribution in [2.75, 3.05) is 76.4 Å². The Morgan fingerprint density at radius 1 is 1.07 bits per heavy atom. The molecule has 0 unspecified atom stereocenters. The molecule has 2 aliphatic heterocycles. The number of hydrogen-bond acceptors (Lipinski definition) is 9. The third-order valence-electron chi connectivity index (χ3n) is 5.49. The van der Waals surface area contributed by atoms with Crippen molar-refractivity contribution in [3.63, 3.8) is 0 Å². The molecule has 2 saturated heterocycles. The zero-order valence-corrected chi connectivity index (χ0v) is 18.5. The fraction of sp³-hybridized carbons (Fsp3) is 0.650. The van der Waals surface area contributed by atoms with Crippen LogP contribution in [-0.2, 0) is 17.8 Å². The minimum Gasteiger partial charge on any atom is -0.379 e. The SMILES string of the molecule is Cc1nc(N(C)Cc2csc(CN3CCOCC3)n2)cc(N2CCN(C)CC2)n1. The molecule has 0 spiro atoms. The highest BCUT2D eigenvalue weighted by Crippen LogP contribution is 2.22. The molecule has 0 N–H and O–H groups in total. The lowest BCUT2D eigenvalue weighted by atomic mass is 10.3. The van der Waals surface area contributed by atoms with Crippen LogP contribution in [0.5, 0.6) is 0 Å². The molecular weight excluding hydrogens is 386 g/mol. The molecule has 0 amide bonds. The van der Waals surface area contributed by atoms with Gasteiger partial charge in [-0.1, -0.05) is 0 Å². The maximum atomic E-state index is 5.43. The summed E-state index contributed by atoms with van der Waals surface area (Å²) in [4.78, 5) is 23.5. The summed E-state index contributed by atoms with van der Waals surface area (Å²) < 4.78 is 5.43. The maximum absolute atomic E-state index is 5.43. The minimum absolute atomic E-state index is 0.748. The molecule has 0 saturated carbocycles. The number of anilines is 2. The van der Waals surface area contributed by atoms with E-state index in [2.05, 4.69) is 55.1 Å². The maximum Gasteiger partial charge on any atom is 0.134 e. The number of hydrogen-bond donors (Lipinski definition) is 0. The standard InChI is InChI=1S/C20H31N7OS/c1-16-21-18(12-19(22-16)27-6-4-24(2)5-7-27)25(3)13-17-15-29-20(23-17)14-26-8-10-28-11-9-26/h12,15H,4-11,13-14H2,1-3H3. The zero-order chi connectivity index (χ0) is 20.2. The van der Waals surface area contributed by atoms with Crippen molar-refractivity contribution in [1.29, 1.82) is 0 Å².